The lowest BCUT2D eigenvalue weighted by Crippen LogP contribution is -2.26. The highest BCUT2D eigenvalue weighted by Gasteiger charge is 2.39. The summed E-state index contributed by atoms with van der Waals surface area (Å²) in [6, 6.07) is 2.26. The fourth-order valence-corrected chi connectivity index (χ4v) is 1.82. The monoisotopic (exact) mass is 232 g/mol. The Bertz CT molecular complexity index is 436. The molecule has 1 atom stereocenters. The Hall–Kier alpha value is -1.39. The summed E-state index contributed by atoms with van der Waals surface area (Å²) >= 11 is 0. The molecule has 16 heavy (non-hydrogen) atoms. The van der Waals surface area contributed by atoms with Gasteiger partial charge in [-0.2, -0.15) is 13.2 Å². The van der Waals surface area contributed by atoms with E-state index < -0.39 is 23.5 Å². The SMILES string of the molecule is O=C1CCC1c1cc(F)ccc1C(F)(F)F. The van der Waals surface area contributed by atoms with E-state index in [0.29, 0.717) is 12.5 Å². The van der Waals surface area contributed by atoms with Crippen molar-refractivity contribution in [2.75, 3.05) is 0 Å². The van der Waals surface area contributed by atoms with Crippen LogP contribution in [0.4, 0.5) is 17.6 Å². The molecule has 2 rings (SSSR count). The highest BCUT2D eigenvalue weighted by atomic mass is 19.4. The fraction of sp³-hybridized carbons (Fsp3) is 0.364. The van der Waals surface area contributed by atoms with Crippen LogP contribution in [0.15, 0.2) is 18.2 Å². The topological polar surface area (TPSA) is 17.1 Å². The van der Waals surface area contributed by atoms with E-state index in [9.17, 15) is 22.4 Å². The molecule has 0 heterocycles. The number of hydrogen-bond donors (Lipinski definition) is 0. The van der Waals surface area contributed by atoms with E-state index in [4.69, 9.17) is 0 Å². The molecule has 0 N–H and O–H groups in total. The molecule has 0 radical (unpaired) electrons. The van der Waals surface area contributed by atoms with Crippen LogP contribution in [-0.4, -0.2) is 5.78 Å². The van der Waals surface area contributed by atoms with Crippen LogP contribution < -0.4 is 0 Å². The first-order valence-electron chi connectivity index (χ1n) is 4.79. The zero-order valence-corrected chi connectivity index (χ0v) is 8.14. The summed E-state index contributed by atoms with van der Waals surface area (Å²) in [7, 11) is 0. The number of carbonyl (C=O) groups is 1. The number of carbonyl (C=O) groups excluding carboxylic acids is 1. The molecule has 1 aliphatic rings. The van der Waals surface area contributed by atoms with Crippen LogP contribution in [-0.2, 0) is 11.0 Å². The second kappa shape index (κ2) is 3.57. The Morgan fingerprint density at radius 3 is 2.38 bits per heavy atom. The zero-order valence-electron chi connectivity index (χ0n) is 8.14. The van der Waals surface area contributed by atoms with Gasteiger partial charge in [-0.05, 0) is 30.2 Å². The third kappa shape index (κ3) is 1.81. The smallest absolute Gasteiger partial charge is 0.299 e. The number of rotatable bonds is 1. The van der Waals surface area contributed by atoms with Crippen LogP contribution in [0.5, 0.6) is 0 Å². The number of alkyl halides is 3. The molecule has 1 nitrogen and oxygen atoms in total. The molecular weight excluding hydrogens is 224 g/mol. The first-order valence-corrected chi connectivity index (χ1v) is 4.79. The highest BCUT2D eigenvalue weighted by Crippen LogP contribution is 2.41. The Balaban J connectivity index is 2.49. The van der Waals surface area contributed by atoms with Gasteiger partial charge in [0.05, 0.1) is 5.56 Å². The Labute approximate surface area is 89.1 Å². The summed E-state index contributed by atoms with van der Waals surface area (Å²) in [4.78, 5) is 11.1. The summed E-state index contributed by atoms with van der Waals surface area (Å²) in [5.74, 6) is -1.79. The lowest BCUT2D eigenvalue weighted by atomic mass is 9.77. The molecule has 86 valence electrons. The molecule has 1 aliphatic carbocycles. The fourth-order valence-electron chi connectivity index (χ4n) is 1.82. The molecule has 5 heteroatoms. The molecule has 1 unspecified atom stereocenters. The predicted octanol–water partition coefficient (Wildman–Crippen LogP) is 3.29. The molecule has 0 saturated heterocycles. The number of ketones is 1. The Morgan fingerprint density at radius 1 is 1.25 bits per heavy atom. The van der Waals surface area contributed by atoms with Crippen LogP contribution in [0.25, 0.3) is 0 Å². The van der Waals surface area contributed by atoms with Gasteiger partial charge in [0.1, 0.15) is 11.6 Å². The number of benzene rings is 1. The van der Waals surface area contributed by atoms with Gasteiger partial charge in [-0.1, -0.05) is 0 Å². The van der Waals surface area contributed by atoms with E-state index in [-0.39, 0.29) is 17.8 Å². The van der Waals surface area contributed by atoms with Crippen molar-refractivity contribution in [3.8, 4) is 0 Å². The Morgan fingerprint density at radius 2 is 1.94 bits per heavy atom. The maximum absolute atomic E-state index is 12.9. The van der Waals surface area contributed by atoms with Crippen molar-refractivity contribution in [1.82, 2.24) is 0 Å². The molecule has 1 fully saturated rings. The van der Waals surface area contributed by atoms with Crippen LogP contribution >= 0.6 is 0 Å². The molecule has 0 amide bonds. The van der Waals surface area contributed by atoms with Gasteiger partial charge in [0.15, 0.2) is 0 Å². The summed E-state index contributed by atoms with van der Waals surface area (Å²) in [6.07, 6.45) is -3.90. The van der Waals surface area contributed by atoms with E-state index in [1.54, 1.807) is 0 Å². The van der Waals surface area contributed by atoms with Gasteiger partial charge in [-0.25, -0.2) is 4.39 Å². The minimum Gasteiger partial charge on any atom is -0.299 e. The van der Waals surface area contributed by atoms with Crippen molar-refractivity contribution >= 4 is 5.78 Å². The molecule has 0 spiro atoms. The minimum atomic E-state index is -4.54. The van der Waals surface area contributed by atoms with Gasteiger partial charge >= 0.3 is 6.18 Å². The molecule has 0 bridgehead atoms. The summed E-state index contributed by atoms with van der Waals surface area (Å²) < 4.78 is 50.7. The number of halogens is 4. The number of Topliss-reactive ketones (excluding diaryl/α,β-unsaturated/α-hetero) is 1. The van der Waals surface area contributed by atoms with Gasteiger partial charge in [-0.3, -0.25) is 4.79 Å². The van der Waals surface area contributed by atoms with Crippen molar-refractivity contribution in [3.63, 3.8) is 0 Å². The van der Waals surface area contributed by atoms with Crippen molar-refractivity contribution in [1.29, 1.82) is 0 Å². The third-order valence-electron chi connectivity index (χ3n) is 2.76. The second-order valence-corrected chi connectivity index (χ2v) is 3.79. The molecule has 1 saturated carbocycles. The lowest BCUT2D eigenvalue weighted by Gasteiger charge is -2.27. The highest BCUT2D eigenvalue weighted by molar-refractivity contribution is 5.91. The van der Waals surface area contributed by atoms with Crippen LogP contribution in [0.3, 0.4) is 0 Å². The second-order valence-electron chi connectivity index (χ2n) is 3.79. The van der Waals surface area contributed by atoms with E-state index in [1.807, 2.05) is 0 Å². The third-order valence-corrected chi connectivity index (χ3v) is 2.76. The van der Waals surface area contributed by atoms with Gasteiger partial charge in [0.25, 0.3) is 0 Å². The van der Waals surface area contributed by atoms with Crippen molar-refractivity contribution in [3.05, 3.63) is 35.1 Å². The standard InChI is InChI=1S/C11H8F4O/c12-6-1-3-9(11(13,14)15)8(5-6)7-2-4-10(7)16/h1,3,5,7H,2,4H2. The summed E-state index contributed by atoms with van der Waals surface area (Å²) in [6.45, 7) is 0. The normalized spacial score (nSPS) is 20.8. The lowest BCUT2D eigenvalue weighted by molar-refractivity contribution is -0.139. The first kappa shape index (κ1) is 11.1. The summed E-state index contributed by atoms with van der Waals surface area (Å²) in [5.41, 5.74) is -1.14. The quantitative estimate of drug-likeness (QED) is 0.679. The van der Waals surface area contributed by atoms with Crippen LogP contribution in [0, 0.1) is 5.82 Å². The van der Waals surface area contributed by atoms with Gasteiger partial charge in [0.2, 0.25) is 0 Å². The zero-order chi connectivity index (χ0) is 11.9. The van der Waals surface area contributed by atoms with Crippen molar-refractivity contribution in [2.45, 2.75) is 24.9 Å². The average Bonchev–Trinajstić information content (AvgIpc) is 2.13. The van der Waals surface area contributed by atoms with E-state index in [1.165, 1.54) is 0 Å². The van der Waals surface area contributed by atoms with Crippen LogP contribution in [0.2, 0.25) is 0 Å². The maximum Gasteiger partial charge on any atom is 0.416 e. The van der Waals surface area contributed by atoms with Gasteiger partial charge in [0, 0.05) is 12.3 Å². The van der Waals surface area contributed by atoms with Gasteiger partial charge in [-0.15, -0.1) is 0 Å². The maximum atomic E-state index is 12.9. The minimum absolute atomic E-state index is 0.233. The molecule has 1 aromatic rings. The largest absolute Gasteiger partial charge is 0.416 e. The van der Waals surface area contributed by atoms with Crippen LogP contribution in [0.1, 0.15) is 29.9 Å². The molecular formula is C11H8F4O. The predicted molar refractivity (Wildman–Crippen MR) is 48.4 cm³/mol. The number of hydrogen-bond acceptors (Lipinski definition) is 1. The van der Waals surface area contributed by atoms with E-state index in [0.717, 1.165) is 12.1 Å². The van der Waals surface area contributed by atoms with E-state index >= 15 is 0 Å². The van der Waals surface area contributed by atoms with Gasteiger partial charge < -0.3 is 0 Å². The molecule has 1 aromatic carbocycles. The first-order chi connectivity index (χ1) is 7.39. The molecule has 0 aliphatic heterocycles. The van der Waals surface area contributed by atoms with Crippen molar-refractivity contribution in [2.24, 2.45) is 0 Å². The van der Waals surface area contributed by atoms with Crippen molar-refractivity contribution < 1.29 is 22.4 Å². The Kier molecular flexibility index (Phi) is 2.48. The molecule has 0 aromatic heterocycles. The summed E-state index contributed by atoms with van der Waals surface area (Å²) in [5, 5.41) is 0. The average molecular weight is 232 g/mol. The van der Waals surface area contributed by atoms with E-state index in [2.05, 4.69) is 0 Å².